The van der Waals surface area contributed by atoms with Gasteiger partial charge in [0, 0.05) is 19.6 Å². The molecule has 6 nitrogen and oxygen atoms in total. The van der Waals surface area contributed by atoms with Crippen molar-refractivity contribution in [3.8, 4) is 11.5 Å². The summed E-state index contributed by atoms with van der Waals surface area (Å²) in [5, 5.41) is 0. The summed E-state index contributed by atoms with van der Waals surface area (Å²) in [6.07, 6.45) is -3.29. The number of likely N-dealkylation sites (tertiary alicyclic amines) is 1. The van der Waals surface area contributed by atoms with E-state index < -0.39 is 12.0 Å². The first-order chi connectivity index (χ1) is 15.4. The van der Waals surface area contributed by atoms with E-state index >= 15 is 0 Å². The number of para-hydroxylation sites is 4. The van der Waals surface area contributed by atoms with E-state index in [0.29, 0.717) is 48.5 Å². The standard InChI is InChI=1S/C23H24F3N3O3/c1-31-19-8-4-5-9-20(19)32-15-21(30)28-12-10-16(11-13-28)14-29-18-7-3-2-6-17(18)27-22(29)23(24,25)26/h2-9,16H,10-15H2,1H3. The molecule has 2 aromatic carbocycles. The number of ether oxygens (including phenoxy) is 2. The highest BCUT2D eigenvalue weighted by Crippen LogP contribution is 2.33. The predicted molar refractivity (Wildman–Crippen MR) is 113 cm³/mol. The number of methoxy groups -OCH3 is 1. The van der Waals surface area contributed by atoms with Crippen LogP contribution in [-0.4, -0.2) is 47.2 Å². The van der Waals surface area contributed by atoms with Gasteiger partial charge < -0.3 is 18.9 Å². The highest BCUT2D eigenvalue weighted by atomic mass is 19.4. The number of imidazole rings is 1. The second-order valence-corrected chi connectivity index (χ2v) is 7.80. The molecule has 0 N–H and O–H groups in total. The van der Waals surface area contributed by atoms with Gasteiger partial charge in [-0.25, -0.2) is 4.98 Å². The maximum Gasteiger partial charge on any atom is 0.449 e. The number of rotatable bonds is 6. The van der Waals surface area contributed by atoms with Crippen molar-refractivity contribution in [2.75, 3.05) is 26.8 Å². The molecule has 2 heterocycles. The Labute approximate surface area is 183 Å². The monoisotopic (exact) mass is 447 g/mol. The van der Waals surface area contributed by atoms with Gasteiger partial charge in [-0.3, -0.25) is 4.79 Å². The predicted octanol–water partition coefficient (Wildman–Crippen LogP) is 4.38. The number of aromatic nitrogens is 2. The van der Waals surface area contributed by atoms with Crippen molar-refractivity contribution >= 4 is 16.9 Å². The third kappa shape index (κ3) is 4.66. The first-order valence-electron chi connectivity index (χ1n) is 10.4. The molecule has 1 amide bonds. The Hall–Kier alpha value is -3.23. The minimum atomic E-state index is -4.52. The lowest BCUT2D eigenvalue weighted by Gasteiger charge is -2.32. The van der Waals surface area contributed by atoms with Crippen molar-refractivity contribution in [2.24, 2.45) is 5.92 Å². The largest absolute Gasteiger partial charge is 0.493 e. The van der Waals surface area contributed by atoms with Crippen LogP contribution in [0.2, 0.25) is 0 Å². The van der Waals surface area contributed by atoms with Crippen molar-refractivity contribution in [3.63, 3.8) is 0 Å². The first-order valence-corrected chi connectivity index (χ1v) is 10.4. The number of benzene rings is 2. The molecular formula is C23H24F3N3O3. The molecule has 3 aromatic rings. The van der Waals surface area contributed by atoms with Gasteiger partial charge in [-0.15, -0.1) is 0 Å². The fourth-order valence-electron chi connectivity index (χ4n) is 4.07. The van der Waals surface area contributed by atoms with E-state index in [-0.39, 0.29) is 25.0 Å². The highest BCUT2D eigenvalue weighted by Gasteiger charge is 2.38. The number of alkyl halides is 3. The number of hydrogen-bond donors (Lipinski definition) is 0. The molecule has 32 heavy (non-hydrogen) atoms. The van der Waals surface area contributed by atoms with E-state index in [2.05, 4.69) is 4.98 Å². The van der Waals surface area contributed by atoms with Crippen LogP contribution in [0.5, 0.6) is 11.5 Å². The fraction of sp³-hybridized carbons (Fsp3) is 0.391. The summed E-state index contributed by atoms with van der Waals surface area (Å²) < 4.78 is 52.7. The van der Waals surface area contributed by atoms with Gasteiger partial charge in [-0.2, -0.15) is 13.2 Å². The summed E-state index contributed by atoms with van der Waals surface area (Å²) in [6.45, 7) is 1.06. The molecule has 170 valence electrons. The molecular weight excluding hydrogens is 423 g/mol. The molecule has 0 aliphatic carbocycles. The van der Waals surface area contributed by atoms with Crippen molar-refractivity contribution in [1.82, 2.24) is 14.5 Å². The van der Waals surface area contributed by atoms with Crippen LogP contribution in [0.15, 0.2) is 48.5 Å². The number of halogens is 3. The first kappa shape index (κ1) is 22.0. The number of nitrogens with zero attached hydrogens (tertiary/aromatic N) is 3. The number of piperidine rings is 1. The van der Waals surface area contributed by atoms with Gasteiger partial charge in [-0.05, 0) is 43.0 Å². The van der Waals surface area contributed by atoms with Gasteiger partial charge in [0.2, 0.25) is 5.82 Å². The van der Waals surface area contributed by atoms with E-state index in [9.17, 15) is 18.0 Å². The average molecular weight is 447 g/mol. The Bertz CT molecular complexity index is 1090. The Morgan fingerprint density at radius 1 is 1.06 bits per heavy atom. The summed E-state index contributed by atoms with van der Waals surface area (Å²) in [5.74, 6) is 0.0330. The van der Waals surface area contributed by atoms with Crippen LogP contribution < -0.4 is 9.47 Å². The quantitative estimate of drug-likeness (QED) is 0.563. The van der Waals surface area contributed by atoms with Crippen molar-refractivity contribution in [1.29, 1.82) is 0 Å². The van der Waals surface area contributed by atoms with Gasteiger partial charge in [0.25, 0.3) is 5.91 Å². The Morgan fingerprint density at radius 3 is 2.41 bits per heavy atom. The minimum Gasteiger partial charge on any atom is -0.493 e. The number of fused-ring (bicyclic) bond motifs is 1. The van der Waals surface area contributed by atoms with Crippen LogP contribution in [0.25, 0.3) is 11.0 Å². The molecule has 1 aliphatic heterocycles. The number of carbonyl (C=O) groups is 1. The zero-order valence-electron chi connectivity index (χ0n) is 17.6. The normalized spacial score (nSPS) is 15.2. The minimum absolute atomic E-state index is 0.0212. The SMILES string of the molecule is COc1ccccc1OCC(=O)N1CCC(Cn2c(C(F)(F)F)nc3ccccc32)CC1. The second kappa shape index (κ2) is 9.10. The van der Waals surface area contributed by atoms with Crippen molar-refractivity contribution < 1.29 is 27.4 Å². The number of amides is 1. The molecule has 0 saturated carbocycles. The number of carbonyl (C=O) groups excluding carboxylic acids is 1. The zero-order chi connectivity index (χ0) is 22.7. The Kier molecular flexibility index (Phi) is 6.25. The smallest absolute Gasteiger partial charge is 0.449 e. The lowest BCUT2D eigenvalue weighted by molar-refractivity contribution is -0.147. The second-order valence-electron chi connectivity index (χ2n) is 7.80. The molecule has 1 fully saturated rings. The third-order valence-corrected chi connectivity index (χ3v) is 5.74. The Morgan fingerprint density at radius 2 is 1.72 bits per heavy atom. The lowest BCUT2D eigenvalue weighted by Crippen LogP contribution is -2.41. The molecule has 0 spiro atoms. The van der Waals surface area contributed by atoms with Crippen molar-refractivity contribution in [2.45, 2.75) is 25.6 Å². The average Bonchev–Trinajstić information content (AvgIpc) is 3.17. The van der Waals surface area contributed by atoms with Crippen LogP contribution in [0, 0.1) is 5.92 Å². The van der Waals surface area contributed by atoms with E-state index in [1.807, 2.05) is 6.07 Å². The summed E-state index contributed by atoms with van der Waals surface area (Å²) in [5.41, 5.74) is 0.810. The topological polar surface area (TPSA) is 56.6 Å². The summed E-state index contributed by atoms with van der Waals surface area (Å²) in [7, 11) is 1.53. The van der Waals surface area contributed by atoms with Crippen molar-refractivity contribution in [3.05, 3.63) is 54.4 Å². The third-order valence-electron chi connectivity index (χ3n) is 5.74. The Balaban J connectivity index is 1.37. The maximum atomic E-state index is 13.5. The fourth-order valence-corrected chi connectivity index (χ4v) is 4.07. The van der Waals surface area contributed by atoms with Crippen LogP contribution in [0.3, 0.4) is 0 Å². The van der Waals surface area contributed by atoms with Gasteiger partial charge in [-0.1, -0.05) is 24.3 Å². The molecule has 1 aliphatic rings. The van der Waals surface area contributed by atoms with Crippen LogP contribution >= 0.6 is 0 Å². The molecule has 0 radical (unpaired) electrons. The maximum absolute atomic E-state index is 13.5. The van der Waals surface area contributed by atoms with E-state index in [0.717, 1.165) is 0 Å². The van der Waals surface area contributed by atoms with Crippen LogP contribution in [0.1, 0.15) is 18.7 Å². The summed E-state index contributed by atoms with van der Waals surface area (Å²) in [6, 6.07) is 13.7. The summed E-state index contributed by atoms with van der Waals surface area (Å²) >= 11 is 0. The molecule has 1 aromatic heterocycles. The molecule has 0 bridgehead atoms. The molecule has 1 saturated heterocycles. The molecule has 0 unspecified atom stereocenters. The number of hydrogen-bond acceptors (Lipinski definition) is 4. The highest BCUT2D eigenvalue weighted by molar-refractivity contribution is 5.78. The van der Waals surface area contributed by atoms with Gasteiger partial charge >= 0.3 is 6.18 Å². The lowest BCUT2D eigenvalue weighted by atomic mass is 9.96. The molecule has 4 rings (SSSR count). The van der Waals surface area contributed by atoms with Gasteiger partial charge in [0.1, 0.15) is 0 Å². The van der Waals surface area contributed by atoms with E-state index in [1.165, 1.54) is 11.7 Å². The molecule has 0 atom stereocenters. The van der Waals surface area contributed by atoms with E-state index in [1.54, 1.807) is 47.4 Å². The zero-order valence-corrected chi connectivity index (χ0v) is 17.6. The van der Waals surface area contributed by atoms with Crippen LogP contribution in [0.4, 0.5) is 13.2 Å². The van der Waals surface area contributed by atoms with Gasteiger partial charge in [0.05, 0.1) is 18.1 Å². The van der Waals surface area contributed by atoms with Crippen LogP contribution in [-0.2, 0) is 17.5 Å². The summed E-state index contributed by atoms with van der Waals surface area (Å²) in [4.78, 5) is 18.1. The van der Waals surface area contributed by atoms with E-state index in [4.69, 9.17) is 9.47 Å². The molecule has 9 heteroatoms. The van der Waals surface area contributed by atoms with Gasteiger partial charge in [0.15, 0.2) is 18.1 Å².